The maximum Gasteiger partial charge on any atom is 0.258 e. The van der Waals surface area contributed by atoms with Crippen molar-refractivity contribution in [1.29, 1.82) is 0 Å². The number of hydrogen-bond acceptors (Lipinski definition) is 6. The molecule has 1 aliphatic carbocycles. The summed E-state index contributed by atoms with van der Waals surface area (Å²) in [5.74, 6) is 0.0695. The molecule has 0 aromatic heterocycles. The van der Waals surface area contributed by atoms with E-state index in [9.17, 15) is 21.6 Å². The van der Waals surface area contributed by atoms with Crippen LogP contribution >= 0.6 is 0 Å². The maximum absolute atomic E-state index is 12.7. The SMILES string of the molecule is Cc1cc(S(=O)(=O)NC2CCCCC2)ccc1OCC(=O)NCc1ccc(S(=O)(=O)N(C)C)cc1. The molecule has 0 unspecified atom stereocenters. The smallest absolute Gasteiger partial charge is 0.258 e. The summed E-state index contributed by atoms with van der Waals surface area (Å²) in [6.07, 6.45) is 4.92. The molecule has 0 bridgehead atoms. The minimum Gasteiger partial charge on any atom is -0.484 e. The van der Waals surface area contributed by atoms with E-state index in [-0.39, 0.29) is 34.9 Å². The third-order valence-corrected chi connectivity index (χ3v) is 9.28. The molecule has 0 spiro atoms. The third-order valence-electron chi connectivity index (χ3n) is 5.93. The second-order valence-electron chi connectivity index (χ2n) is 8.88. The highest BCUT2D eigenvalue weighted by Gasteiger charge is 2.22. The van der Waals surface area contributed by atoms with Crippen molar-refractivity contribution in [2.75, 3.05) is 20.7 Å². The minimum absolute atomic E-state index is 0.0257. The Hall–Kier alpha value is -2.47. The van der Waals surface area contributed by atoms with Crippen LogP contribution in [-0.4, -0.2) is 53.8 Å². The van der Waals surface area contributed by atoms with Crippen LogP contribution in [0.15, 0.2) is 52.3 Å². The molecule has 2 N–H and O–H groups in total. The first-order valence-corrected chi connectivity index (χ1v) is 14.5. The van der Waals surface area contributed by atoms with Crippen LogP contribution in [0.2, 0.25) is 0 Å². The standard InChI is InChI=1S/C24H33N3O6S2/c1-18-15-22(34(29,30)26-20-7-5-4-6-8-20)13-14-23(18)33-17-24(28)25-16-19-9-11-21(12-10-19)35(31,32)27(2)3/h9-15,20,26H,4-8,16-17H2,1-3H3,(H,25,28). The molecule has 1 amide bonds. The number of amides is 1. The Morgan fingerprint density at radius 1 is 0.971 bits per heavy atom. The second kappa shape index (κ2) is 11.5. The number of hydrogen-bond donors (Lipinski definition) is 2. The van der Waals surface area contributed by atoms with Gasteiger partial charge in [-0.2, -0.15) is 0 Å². The Morgan fingerprint density at radius 2 is 1.60 bits per heavy atom. The summed E-state index contributed by atoms with van der Waals surface area (Å²) in [6, 6.07) is 10.8. The van der Waals surface area contributed by atoms with Crippen LogP contribution in [-0.2, 0) is 31.4 Å². The first-order valence-electron chi connectivity index (χ1n) is 11.5. The van der Waals surface area contributed by atoms with E-state index in [1.54, 1.807) is 31.2 Å². The molecule has 9 nitrogen and oxygen atoms in total. The van der Waals surface area contributed by atoms with Crippen LogP contribution in [0.5, 0.6) is 5.75 Å². The fourth-order valence-corrected chi connectivity index (χ4v) is 6.14. The second-order valence-corrected chi connectivity index (χ2v) is 12.7. The fourth-order valence-electron chi connectivity index (χ4n) is 3.84. The number of nitrogens with zero attached hydrogens (tertiary/aromatic N) is 1. The molecule has 35 heavy (non-hydrogen) atoms. The number of benzene rings is 2. The van der Waals surface area contributed by atoms with Gasteiger partial charge in [0.15, 0.2) is 6.61 Å². The van der Waals surface area contributed by atoms with Gasteiger partial charge in [-0.05, 0) is 61.2 Å². The van der Waals surface area contributed by atoms with Crippen molar-refractivity contribution in [1.82, 2.24) is 14.3 Å². The number of carbonyl (C=O) groups excluding carboxylic acids is 1. The molecule has 2 aromatic carbocycles. The van der Waals surface area contributed by atoms with Gasteiger partial charge < -0.3 is 10.1 Å². The van der Waals surface area contributed by atoms with Gasteiger partial charge in [-0.15, -0.1) is 0 Å². The highest BCUT2D eigenvalue weighted by Crippen LogP contribution is 2.24. The molecule has 1 aliphatic rings. The van der Waals surface area contributed by atoms with Gasteiger partial charge in [-0.25, -0.2) is 25.9 Å². The summed E-state index contributed by atoms with van der Waals surface area (Å²) in [5, 5.41) is 2.72. The Kier molecular flexibility index (Phi) is 8.92. The highest BCUT2D eigenvalue weighted by molar-refractivity contribution is 7.89. The molecule has 1 fully saturated rings. The van der Waals surface area contributed by atoms with Gasteiger partial charge in [0, 0.05) is 26.7 Å². The number of rotatable bonds is 10. The zero-order chi connectivity index (χ0) is 25.6. The van der Waals surface area contributed by atoms with Crippen molar-refractivity contribution in [3.63, 3.8) is 0 Å². The van der Waals surface area contributed by atoms with E-state index in [1.165, 1.54) is 32.3 Å². The van der Waals surface area contributed by atoms with Crippen LogP contribution in [0.1, 0.15) is 43.2 Å². The van der Waals surface area contributed by atoms with Crippen molar-refractivity contribution in [3.8, 4) is 5.75 Å². The Morgan fingerprint density at radius 3 is 2.20 bits per heavy atom. The number of ether oxygens (including phenoxy) is 1. The van der Waals surface area contributed by atoms with Crippen molar-refractivity contribution >= 4 is 26.0 Å². The molecular weight excluding hydrogens is 490 g/mol. The lowest BCUT2D eigenvalue weighted by Crippen LogP contribution is -2.36. The molecule has 0 radical (unpaired) electrons. The summed E-state index contributed by atoms with van der Waals surface area (Å²) >= 11 is 0. The largest absolute Gasteiger partial charge is 0.484 e. The molecular formula is C24H33N3O6S2. The number of sulfonamides is 2. The van der Waals surface area contributed by atoms with Crippen LogP contribution in [0, 0.1) is 6.92 Å². The maximum atomic E-state index is 12.7. The highest BCUT2D eigenvalue weighted by atomic mass is 32.2. The van der Waals surface area contributed by atoms with E-state index in [0.29, 0.717) is 11.3 Å². The molecule has 11 heteroatoms. The van der Waals surface area contributed by atoms with E-state index in [1.807, 2.05) is 0 Å². The Balaban J connectivity index is 1.51. The minimum atomic E-state index is -3.61. The van der Waals surface area contributed by atoms with Gasteiger partial charge in [0.1, 0.15) is 5.75 Å². The normalized spacial score (nSPS) is 15.2. The summed E-state index contributed by atoms with van der Waals surface area (Å²) < 4.78 is 59.2. The molecule has 1 saturated carbocycles. The molecule has 0 heterocycles. The molecule has 192 valence electrons. The Labute approximate surface area is 208 Å². The monoisotopic (exact) mass is 523 g/mol. The van der Waals surface area contributed by atoms with E-state index < -0.39 is 20.0 Å². The van der Waals surface area contributed by atoms with Crippen molar-refractivity contribution in [2.45, 2.75) is 61.4 Å². The topological polar surface area (TPSA) is 122 Å². The Bertz CT molecular complexity index is 1240. The lowest BCUT2D eigenvalue weighted by Gasteiger charge is -2.22. The van der Waals surface area contributed by atoms with E-state index in [2.05, 4.69) is 10.0 Å². The summed E-state index contributed by atoms with van der Waals surface area (Å²) in [5.41, 5.74) is 1.36. The zero-order valence-electron chi connectivity index (χ0n) is 20.3. The van der Waals surface area contributed by atoms with Crippen LogP contribution < -0.4 is 14.8 Å². The molecule has 0 atom stereocenters. The lowest BCUT2D eigenvalue weighted by atomic mass is 9.96. The summed E-state index contributed by atoms with van der Waals surface area (Å²) in [4.78, 5) is 12.6. The van der Waals surface area contributed by atoms with Gasteiger partial charge in [-0.3, -0.25) is 4.79 Å². The predicted molar refractivity (Wildman–Crippen MR) is 133 cm³/mol. The first-order chi connectivity index (χ1) is 16.5. The van der Waals surface area contributed by atoms with Gasteiger partial charge in [0.25, 0.3) is 5.91 Å². The molecule has 0 aliphatic heterocycles. The lowest BCUT2D eigenvalue weighted by molar-refractivity contribution is -0.123. The van der Waals surface area contributed by atoms with Gasteiger partial charge in [-0.1, -0.05) is 31.4 Å². The van der Waals surface area contributed by atoms with Gasteiger partial charge >= 0.3 is 0 Å². The molecule has 3 rings (SSSR count). The first kappa shape index (κ1) is 27.1. The summed E-state index contributed by atoms with van der Waals surface area (Å²) in [7, 11) is -4.19. The third kappa shape index (κ3) is 7.26. The van der Waals surface area contributed by atoms with E-state index >= 15 is 0 Å². The average molecular weight is 524 g/mol. The average Bonchev–Trinajstić information content (AvgIpc) is 2.82. The van der Waals surface area contributed by atoms with Crippen molar-refractivity contribution < 1.29 is 26.4 Å². The quantitative estimate of drug-likeness (QED) is 0.494. The van der Waals surface area contributed by atoms with Crippen LogP contribution in [0.3, 0.4) is 0 Å². The zero-order valence-corrected chi connectivity index (χ0v) is 21.9. The molecule has 2 aromatic rings. The van der Waals surface area contributed by atoms with Crippen LogP contribution in [0.4, 0.5) is 0 Å². The summed E-state index contributed by atoms with van der Waals surface area (Å²) in [6.45, 7) is 1.71. The van der Waals surface area contributed by atoms with E-state index in [0.717, 1.165) is 42.0 Å². The molecule has 0 saturated heterocycles. The number of nitrogens with one attached hydrogen (secondary N) is 2. The number of aryl methyl sites for hydroxylation is 1. The predicted octanol–water partition coefficient (Wildman–Crippen LogP) is 2.55. The van der Waals surface area contributed by atoms with Gasteiger partial charge in [0.2, 0.25) is 20.0 Å². The fraction of sp³-hybridized carbons (Fsp3) is 0.458. The van der Waals surface area contributed by atoms with Crippen LogP contribution in [0.25, 0.3) is 0 Å². The van der Waals surface area contributed by atoms with E-state index in [4.69, 9.17) is 4.74 Å². The number of carbonyl (C=O) groups is 1. The van der Waals surface area contributed by atoms with Crippen molar-refractivity contribution in [3.05, 3.63) is 53.6 Å². The van der Waals surface area contributed by atoms with Crippen molar-refractivity contribution in [2.24, 2.45) is 0 Å². The van der Waals surface area contributed by atoms with Gasteiger partial charge in [0.05, 0.1) is 9.79 Å².